The van der Waals surface area contributed by atoms with Crippen LogP contribution in [0, 0.1) is 6.57 Å². The summed E-state index contributed by atoms with van der Waals surface area (Å²) in [6.07, 6.45) is 11.6. The minimum Gasteiger partial charge on any atom is -0.508 e. The van der Waals surface area contributed by atoms with Crippen molar-refractivity contribution < 1.29 is 24.2 Å². The molecule has 304 valence electrons. The Morgan fingerprint density at radius 2 is 1.59 bits per heavy atom. The fourth-order valence-electron chi connectivity index (χ4n) is 6.94. The van der Waals surface area contributed by atoms with Crippen molar-refractivity contribution in [2.24, 2.45) is 7.05 Å². The number of tetrazole rings is 1. The number of aromatic nitrogens is 5. The Labute approximate surface area is 352 Å². The van der Waals surface area contributed by atoms with Crippen molar-refractivity contribution in [1.29, 1.82) is 0 Å². The number of amides is 1. The van der Waals surface area contributed by atoms with Crippen LogP contribution in [0.25, 0.3) is 32.7 Å². The Balaban J connectivity index is 1.27. The number of nitrogens with zero attached hydrogens (tertiary/aromatic N) is 6. The van der Waals surface area contributed by atoms with Gasteiger partial charge in [-0.3, -0.25) is 9.59 Å². The number of carbonyl (C=O) groups excluding carboxylic acids is 3. The lowest BCUT2D eigenvalue weighted by atomic mass is 9.99. The lowest BCUT2D eigenvalue weighted by molar-refractivity contribution is -0.115. The molecular weight excluding hydrogens is 786 g/mol. The minimum atomic E-state index is -1.51. The second-order valence-electron chi connectivity index (χ2n) is 14.2. The van der Waals surface area contributed by atoms with Gasteiger partial charge in [0.15, 0.2) is 16.7 Å². The van der Waals surface area contributed by atoms with Crippen LogP contribution in [0.5, 0.6) is 5.75 Å². The van der Waals surface area contributed by atoms with E-state index < -0.39 is 22.9 Å². The molecule has 0 spiro atoms. The maximum atomic E-state index is 15.2. The van der Waals surface area contributed by atoms with Crippen molar-refractivity contribution in [3.63, 3.8) is 0 Å². The second-order valence-corrected chi connectivity index (χ2v) is 15.7. The topological polar surface area (TPSA) is 146 Å². The third-order valence-electron chi connectivity index (χ3n) is 10.0. The van der Waals surface area contributed by atoms with Gasteiger partial charge in [-0.25, -0.2) is 9.64 Å². The van der Waals surface area contributed by atoms with Crippen LogP contribution in [0.3, 0.4) is 0 Å². The van der Waals surface area contributed by atoms with Gasteiger partial charge in [-0.05, 0) is 89.1 Å². The summed E-state index contributed by atoms with van der Waals surface area (Å²) in [5.74, 6) is -1.87. The number of esters is 1. The molecule has 0 radical (unpaired) electrons. The maximum Gasteiger partial charge on any atom is 0.338 e. The number of hydrogen-bond donors (Lipinski definition) is 2. The normalized spacial score (nSPS) is 11.6. The van der Waals surface area contributed by atoms with Gasteiger partial charge in [0, 0.05) is 18.0 Å². The standard InChI is InChI=1S/C45H46ClN7O5S/c1-4-5-6-7-8-9-10-11-12-16-27-58-44(57)31-21-25-36(46)37(28-31)48-43(56)42(59-45-49-50-51-53(45)33-17-14-13-15-18-33)41(55)39-35-29-32(47-2)22-26-38(35)52(3)40(39)30-19-23-34(54)24-20-30/h13-15,17-26,28-29,42,54H,4-12,16,27H2,1,3H3,(H,48,56). The molecule has 6 rings (SSSR count). The number of fused-ring (bicyclic) bond motifs is 1. The zero-order chi connectivity index (χ0) is 41.7. The highest BCUT2D eigenvalue weighted by atomic mass is 35.5. The first-order valence-corrected chi connectivity index (χ1v) is 21.1. The van der Waals surface area contributed by atoms with Gasteiger partial charge in [0.1, 0.15) is 5.75 Å². The molecule has 1 unspecified atom stereocenters. The van der Waals surface area contributed by atoms with Crippen LogP contribution in [0.4, 0.5) is 11.4 Å². The van der Waals surface area contributed by atoms with E-state index in [2.05, 4.69) is 32.6 Å². The van der Waals surface area contributed by atoms with Crippen LogP contribution >= 0.6 is 23.4 Å². The van der Waals surface area contributed by atoms with Crippen molar-refractivity contribution >= 4 is 63.3 Å². The van der Waals surface area contributed by atoms with Gasteiger partial charge in [0.2, 0.25) is 11.1 Å². The minimum absolute atomic E-state index is 0.0398. The van der Waals surface area contributed by atoms with E-state index in [0.717, 1.165) is 31.0 Å². The molecule has 2 heterocycles. The number of anilines is 1. The number of halogens is 1. The van der Waals surface area contributed by atoms with Crippen molar-refractivity contribution in [2.45, 2.75) is 81.5 Å². The van der Waals surface area contributed by atoms with E-state index in [4.69, 9.17) is 22.9 Å². The van der Waals surface area contributed by atoms with E-state index in [9.17, 15) is 14.7 Å². The van der Waals surface area contributed by atoms with E-state index in [1.165, 1.54) is 80.0 Å². The molecule has 2 aromatic heterocycles. The number of unbranched alkanes of at least 4 members (excludes halogenated alkanes) is 9. The Bertz CT molecular complexity index is 2440. The zero-order valence-electron chi connectivity index (χ0n) is 33.1. The quantitative estimate of drug-likeness (QED) is 0.0192. The van der Waals surface area contributed by atoms with Crippen LogP contribution in [0.1, 0.15) is 91.8 Å². The molecule has 0 fully saturated rings. The summed E-state index contributed by atoms with van der Waals surface area (Å²) in [6, 6.07) is 24.9. The highest BCUT2D eigenvalue weighted by Crippen LogP contribution is 2.39. The molecule has 0 bridgehead atoms. The molecule has 0 aliphatic carbocycles. The molecular formula is C45H46ClN7O5S. The number of phenols is 1. The number of hydrogen-bond acceptors (Lipinski definition) is 9. The van der Waals surface area contributed by atoms with Crippen LogP contribution in [-0.4, -0.2) is 59.4 Å². The Kier molecular flexibility index (Phi) is 14.9. The summed E-state index contributed by atoms with van der Waals surface area (Å²) in [6.45, 7) is 10.2. The first-order chi connectivity index (χ1) is 28.7. The van der Waals surface area contributed by atoms with Gasteiger partial charge in [0.05, 0.1) is 46.4 Å². The summed E-state index contributed by atoms with van der Waals surface area (Å²) in [4.78, 5) is 46.5. The van der Waals surface area contributed by atoms with Gasteiger partial charge >= 0.3 is 5.97 Å². The average Bonchev–Trinajstić information content (AvgIpc) is 3.84. The van der Waals surface area contributed by atoms with Crippen LogP contribution in [-0.2, 0) is 16.6 Å². The van der Waals surface area contributed by atoms with E-state index in [0.29, 0.717) is 33.5 Å². The third kappa shape index (κ3) is 10.6. The number of aromatic hydroxyl groups is 1. The number of para-hydroxylation sites is 1. The first-order valence-electron chi connectivity index (χ1n) is 19.8. The highest BCUT2D eigenvalue weighted by molar-refractivity contribution is 8.01. The monoisotopic (exact) mass is 831 g/mol. The van der Waals surface area contributed by atoms with Crippen molar-refractivity contribution in [1.82, 2.24) is 24.8 Å². The molecule has 59 heavy (non-hydrogen) atoms. The van der Waals surface area contributed by atoms with E-state index in [-0.39, 0.29) is 39.3 Å². The summed E-state index contributed by atoms with van der Waals surface area (Å²) < 4.78 is 8.82. The molecule has 14 heteroatoms. The van der Waals surface area contributed by atoms with E-state index in [1.807, 2.05) is 22.8 Å². The summed E-state index contributed by atoms with van der Waals surface area (Å²) in [7, 11) is 1.79. The van der Waals surface area contributed by atoms with Gasteiger partial charge in [-0.15, -0.1) is 5.10 Å². The number of Topliss-reactive ketones (excluding diaryl/α,β-unsaturated/α-hetero) is 1. The predicted octanol–water partition coefficient (Wildman–Crippen LogP) is 10.8. The smallest absolute Gasteiger partial charge is 0.338 e. The largest absolute Gasteiger partial charge is 0.508 e. The van der Waals surface area contributed by atoms with Crippen molar-refractivity contribution in [3.05, 3.63) is 119 Å². The number of ether oxygens (including phenoxy) is 1. The molecule has 1 amide bonds. The molecule has 2 N–H and O–H groups in total. The fraction of sp³-hybridized carbons (Fsp3) is 0.311. The lowest BCUT2D eigenvalue weighted by Gasteiger charge is -2.17. The van der Waals surface area contributed by atoms with Crippen LogP contribution in [0.15, 0.2) is 96.2 Å². The maximum absolute atomic E-state index is 15.2. The van der Waals surface area contributed by atoms with Gasteiger partial charge < -0.3 is 19.7 Å². The van der Waals surface area contributed by atoms with Gasteiger partial charge in [0.25, 0.3) is 0 Å². The average molecular weight is 832 g/mol. The summed E-state index contributed by atoms with van der Waals surface area (Å²) >= 11 is 7.45. The lowest BCUT2D eigenvalue weighted by Crippen LogP contribution is -2.33. The number of ketones is 1. The van der Waals surface area contributed by atoms with Gasteiger partial charge in [-0.1, -0.05) is 112 Å². The number of aryl methyl sites for hydroxylation is 1. The van der Waals surface area contributed by atoms with Crippen molar-refractivity contribution in [2.75, 3.05) is 11.9 Å². The Hall–Kier alpha value is -5.97. The molecule has 0 saturated heterocycles. The number of carbonyl (C=O) groups is 3. The molecule has 0 saturated carbocycles. The van der Waals surface area contributed by atoms with Crippen LogP contribution < -0.4 is 5.32 Å². The summed E-state index contributed by atoms with van der Waals surface area (Å²) in [5, 5.41) is 24.3. The summed E-state index contributed by atoms with van der Waals surface area (Å²) in [5.41, 5.74) is 3.11. The molecule has 6 aromatic rings. The van der Waals surface area contributed by atoms with Gasteiger partial charge in [-0.2, -0.15) is 4.68 Å². The fourth-order valence-corrected chi connectivity index (χ4v) is 8.03. The molecule has 0 aliphatic heterocycles. The molecule has 4 aromatic carbocycles. The highest BCUT2D eigenvalue weighted by Gasteiger charge is 2.36. The first kappa shape index (κ1) is 42.6. The molecule has 0 aliphatic rings. The second kappa shape index (κ2) is 20.6. The van der Waals surface area contributed by atoms with E-state index >= 15 is 4.79 Å². The van der Waals surface area contributed by atoms with Crippen molar-refractivity contribution in [3.8, 4) is 22.7 Å². The number of rotatable bonds is 20. The van der Waals surface area contributed by atoms with Crippen LogP contribution in [0.2, 0.25) is 5.02 Å². The zero-order valence-corrected chi connectivity index (χ0v) is 34.6. The molecule has 12 nitrogen and oxygen atoms in total. The molecule has 1 atom stereocenters. The number of phenolic OH excluding ortho intramolecular Hbond substituents is 1. The Morgan fingerprint density at radius 1 is 0.898 bits per heavy atom. The number of thioether (sulfide) groups is 1. The predicted molar refractivity (Wildman–Crippen MR) is 232 cm³/mol. The number of benzene rings is 4. The van der Waals surface area contributed by atoms with E-state index in [1.54, 1.807) is 49.5 Å². The Morgan fingerprint density at radius 3 is 2.29 bits per heavy atom. The third-order valence-corrected chi connectivity index (χ3v) is 11.5. The number of nitrogens with one attached hydrogen (secondary N) is 1. The SMILES string of the molecule is [C-]#[N+]c1ccc2c(c1)c(C(=O)C(Sc1nnnn1-c1ccccc1)C(=O)Nc1cc(C(=O)OCCCCCCCCCCCC)ccc1Cl)c(-c1ccc(O)cc1)n2C.